The van der Waals surface area contributed by atoms with E-state index in [1.807, 2.05) is 0 Å². The fraction of sp³-hybridized carbons (Fsp3) is 1.00. The Labute approximate surface area is 79.8 Å². The standard InChI is InChI=1S/C7H14O7/c8-1-2(9)6-4(11)3(10)5(12)7(13)14-6/h2-13H,1H2/t2-,3?,4+,5?,6?,7-/m1/s1. The highest BCUT2D eigenvalue weighted by Crippen LogP contribution is 2.21. The molecule has 1 saturated heterocycles. The molecule has 14 heavy (non-hydrogen) atoms. The van der Waals surface area contributed by atoms with Crippen molar-refractivity contribution in [2.45, 2.75) is 36.8 Å². The van der Waals surface area contributed by atoms with Gasteiger partial charge >= 0.3 is 0 Å². The quantitative estimate of drug-likeness (QED) is 0.275. The van der Waals surface area contributed by atoms with Crippen LogP contribution in [0.4, 0.5) is 0 Å². The van der Waals surface area contributed by atoms with Gasteiger partial charge in [-0.1, -0.05) is 0 Å². The monoisotopic (exact) mass is 210 g/mol. The molecule has 6 atom stereocenters. The molecule has 0 bridgehead atoms. The normalized spacial score (nSPS) is 46.3. The van der Waals surface area contributed by atoms with Crippen molar-refractivity contribution >= 4 is 0 Å². The molecule has 0 aromatic heterocycles. The van der Waals surface area contributed by atoms with Crippen molar-refractivity contribution in [1.82, 2.24) is 0 Å². The summed E-state index contributed by atoms with van der Waals surface area (Å²) in [7, 11) is 0. The van der Waals surface area contributed by atoms with E-state index in [4.69, 9.17) is 20.4 Å². The van der Waals surface area contributed by atoms with Gasteiger partial charge in [-0.05, 0) is 0 Å². The topological polar surface area (TPSA) is 131 Å². The molecule has 3 unspecified atom stereocenters. The van der Waals surface area contributed by atoms with Gasteiger partial charge in [0.2, 0.25) is 0 Å². The molecule has 1 fully saturated rings. The molecule has 7 nitrogen and oxygen atoms in total. The van der Waals surface area contributed by atoms with Gasteiger partial charge in [-0.15, -0.1) is 0 Å². The van der Waals surface area contributed by atoms with E-state index in [0.717, 1.165) is 0 Å². The van der Waals surface area contributed by atoms with Crippen LogP contribution in [0.1, 0.15) is 0 Å². The fourth-order valence-electron chi connectivity index (χ4n) is 1.31. The zero-order valence-corrected chi connectivity index (χ0v) is 7.26. The third-order valence-electron chi connectivity index (χ3n) is 2.19. The molecule has 0 radical (unpaired) electrons. The summed E-state index contributed by atoms with van der Waals surface area (Å²) in [6, 6.07) is 0. The van der Waals surface area contributed by atoms with Crippen LogP contribution in [0, 0.1) is 0 Å². The third-order valence-corrected chi connectivity index (χ3v) is 2.19. The second kappa shape index (κ2) is 4.49. The van der Waals surface area contributed by atoms with Gasteiger partial charge in [-0.3, -0.25) is 0 Å². The SMILES string of the molecule is OC[C@@H](O)C1O[C@@H](O)C(O)C(O)[C@@H]1O. The Balaban J connectivity index is 2.70. The molecular formula is C7H14O7. The Hall–Kier alpha value is -0.280. The predicted molar refractivity (Wildman–Crippen MR) is 42.0 cm³/mol. The smallest absolute Gasteiger partial charge is 0.184 e. The highest BCUT2D eigenvalue weighted by atomic mass is 16.6. The maximum atomic E-state index is 9.31. The van der Waals surface area contributed by atoms with Crippen LogP contribution in [0.25, 0.3) is 0 Å². The van der Waals surface area contributed by atoms with Crippen molar-refractivity contribution in [3.63, 3.8) is 0 Å². The van der Waals surface area contributed by atoms with Gasteiger partial charge in [0.1, 0.15) is 30.5 Å². The average Bonchev–Trinajstić information content (AvgIpc) is 2.19. The van der Waals surface area contributed by atoms with Gasteiger partial charge in [0.05, 0.1) is 6.61 Å². The Morgan fingerprint density at radius 2 is 1.57 bits per heavy atom. The van der Waals surface area contributed by atoms with Crippen LogP contribution in [0.15, 0.2) is 0 Å². The molecule has 1 heterocycles. The molecule has 0 aromatic rings. The van der Waals surface area contributed by atoms with Gasteiger partial charge in [-0.2, -0.15) is 0 Å². The zero-order valence-electron chi connectivity index (χ0n) is 7.26. The first-order valence-electron chi connectivity index (χ1n) is 4.15. The van der Waals surface area contributed by atoms with Crippen LogP contribution in [-0.4, -0.2) is 74.1 Å². The van der Waals surface area contributed by atoms with Crippen LogP contribution in [0.3, 0.4) is 0 Å². The Kier molecular flexibility index (Phi) is 3.78. The van der Waals surface area contributed by atoms with Crippen LogP contribution < -0.4 is 0 Å². The number of hydrogen-bond donors (Lipinski definition) is 6. The summed E-state index contributed by atoms with van der Waals surface area (Å²) in [5.41, 5.74) is 0. The summed E-state index contributed by atoms with van der Waals surface area (Å²) >= 11 is 0. The molecule has 0 spiro atoms. The average molecular weight is 210 g/mol. The number of ether oxygens (including phenoxy) is 1. The van der Waals surface area contributed by atoms with Crippen LogP contribution in [0.5, 0.6) is 0 Å². The highest BCUT2D eigenvalue weighted by Gasteiger charge is 2.45. The van der Waals surface area contributed by atoms with Gasteiger partial charge in [0, 0.05) is 0 Å². The molecular weight excluding hydrogens is 196 g/mol. The van der Waals surface area contributed by atoms with E-state index in [1.165, 1.54) is 0 Å². The number of aliphatic hydroxyl groups excluding tert-OH is 6. The van der Waals surface area contributed by atoms with Crippen molar-refractivity contribution < 1.29 is 35.4 Å². The van der Waals surface area contributed by atoms with Gasteiger partial charge in [0.15, 0.2) is 6.29 Å². The minimum atomic E-state index is -1.69. The molecule has 7 heteroatoms. The maximum absolute atomic E-state index is 9.31. The third kappa shape index (κ3) is 2.04. The minimum Gasteiger partial charge on any atom is -0.394 e. The Morgan fingerprint density at radius 3 is 2.07 bits per heavy atom. The van der Waals surface area contributed by atoms with Crippen molar-refractivity contribution in [2.24, 2.45) is 0 Å². The summed E-state index contributed by atoms with van der Waals surface area (Å²) in [5.74, 6) is 0. The molecule has 1 aliphatic rings. The zero-order chi connectivity index (χ0) is 10.9. The molecule has 0 amide bonds. The van der Waals surface area contributed by atoms with Crippen molar-refractivity contribution in [3.8, 4) is 0 Å². The van der Waals surface area contributed by atoms with Gasteiger partial charge < -0.3 is 35.4 Å². The fourth-order valence-corrected chi connectivity index (χ4v) is 1.31. The van der Waals surface area contributed by atoms with Crippen LogP contribution in [0.2, 0.25) is 0 Å². The van der Waals surface area contributed by atoms with E-state index in [9.17, 15) is 10.2 Å². The lowest BCUT2D eigenvalue weighted by molar-refractivity contribution is -0.298. The van der Waals surface area contributed by atoms with Gasteiger partial charge in [-0.25, -0.2) is 0 Å². The Morgan fingerprint density at radius 1 is 1.00 bits per heavy atom. The van der Waals surface area contributed by atoms with E-state index in [-0.39, 0.29) is 0 Å². The minimum absolute atomic E-state index is 0.683. The van der Waals surface area contributed by atoms with Gasteiger partial charge in [0.25, 0.3) is 0 Å². The number of aliphatic hydroxyl groups is 6. The largest absolute Gasteiger partial charge is 0.394 e. The first-order chi connectivity index (χ1) is 6.49. The molecule has 1 aliphatic heterocycles. The van der Waals surface area contributed by atoms with Crippen LogP contribution in [-0.2, 0) is 4.74 Å². The molecule has 0 aliphatic carbocycles. The summed E-state index contributed by atoms with van der Waals surface area (Å²) in [4.78, 5) is 0. The maximum Gasteiger partial charge on any atom is 0.184 e. The second-order valence-electron chi connectivity index (χ2n) is 3.21. The van der Waals surface area contributed by atoms with Crippen molar-refractivity contribution in [2.75, 3.05) is 6.61 Å². The first-order valence-corrected chi connectivity index (χ1v) is 4.15. The molecule has 84 valence electrons. The van der Waals surface area contributed by atoms with E-state index in [1.54, 1.807) is 0 Å². The second-order valence-corrected chi connectivity index (χ2v) is 3.21. The highest BCUT2D eigenvalue weighted by molar-refractivity contribution is 4.91. The summed E-state index contributed by atoms with van der Waals surface area (Å²) in [6.45, 7) is -0.683. The van der Waals surface area contributed by atoms with E-state index in [0.29, 0.717) is 0 Å². The predicted octanol–water partition coefficient (Wildman–Crippen LogP) is -3.86. The van der Waals surface area contributed by atoms with Crippen molar-refractivity contribution in [1.29, 1.82) is 0 Å². The number of rotatable bonds is 2. The lowest BCUT2D eigenvalue weighted by Gasteiger charge is -2.39. The molecule has 0 aromatic carbocycles. The van der Waals surface area contributed by atoms with Crippen LogP contribution >= 0.6 is 0 Å². The lowest BCUT2D eigenvalue weighted by atomic mass is 9.96. The summed E-state index contributed by atoms with van der Waals surface area (Å²) in [5, 5.41) is 54.3. The van der Waals surface area contributed by atoms with E-state index in [2.05, 4.69) is 4.74 Å². The lowest BCUT2D eigenvalue weighted by Crippen LogP contribution is -2.61. The van der Waals surface area contributed by atoms with E-state index >= 15 is 0 Å². The summed E-state index contributed by atoms with van der Waals surface area (Å²) in [6.07, 6.45) is -9.26. The van der Waals surface area contributed by atoms with E-state index < -0.39 is 43.4 Å². The first kappa shape index (κ1) is 11.8. The summed E-state index contributed by atoms with van der Waals surface area (Å²) < 4.78 is 4.62. The molecule has 1 rings (SSSR count). The molecule has 0 saturated carbocycles. The Bertz CT molecular complexity index is 187. The molecule has 6 N–H and O–H groups in total. The number of hydrogen-bond acceptors (Lipinski definition) is 7. The van der Waals surface area contributed by atoms with Crippen molar-refractivity contribution in [3.05, 3.63) is 0 Å².